The number of ether oxygens (including phenoxy) is 2. The highest BCUT2D eigenvalue weighted by atomic mass is 35.5. The smallest absolute Gasteiger partial charge is 0.335 e. The second kappa shape index (κ2) is 13.6. The Morgan fingerprint density at radius 3 is 2.74 bits per heavy atom. The molecule has 5 rings (SSSR count). The van der Waals surface area contributed by atoms with E-state index in [4.69, 9.17) is 26.2 Å². The maximum atomic E-state index is 12.0. The van der Waals surface area contributed by atoms with E-state index in [0.717, 1.165) is 61.0 Å². The zero-order chi connectivity index (χ0) is 30.0. The molecule has 3 aliphatic rings. The van der Waals surface area contributed by atoms with Crippen LogP contribution in [0.4, 0.5) is 5.69 Å². The van der Waals surface area contributed by atoms with Crippen molar-refractivity contribution in [3.8, 4) is 5.75 Å². The summed E-state index contributed by atoms with van der Waals surface area (Å²) < 4.78 is 12.6. The Hall–Kier alpha value is -2.19. The monoisotopic (exact) mass is 612 g/mol. The fourth-order valence-corrected chi connectivity index (χ4v) is 8.20. The summed E-state index contributed by atoms with van der Waals surface area (Å²) in [5.41, 5.74) is 5.10. The lowest BCUT2D eigenvalue weighted by molar-refractivity contribution is -0.0395. The van der Waals surface area contributed by atoms with E-state index in [1.54, 1.807) is 12.1 Å². The molecule has 0 saturated heterocycles. The maximum Gasteiger partial charge on any atom is 0.335 e. The van der Waals surface area contributed by atoms with Crippen LogP contribution in [0.3, 0.4) is 0 Å². The maximum absolute atomic E-state index is 12.0. The number of carbonyl (C=O) groups is 1. The number of halogens is 1. The van der Waals surface area contributed by atoms with Gasteiger partial charge in [-0.15, -0.1) is 0 Å². The van der Waals surface area contributed by atoms with Crippen LogP contribution in [0.25, 0.3) is 0 Å². The van der Waals surface area contributed by atoms with E-state index in [0.29, 0.717) is 36.2 Å². The molecule has 2 aromatic rings. The van der Waals surface area contributed by atoms with Gasteiger partial charge in [0, 0.05) is 36.9 Å². The van der Waals surface area contributed by atoms with Crippen LogP contribution in [-0.2, 0) is 11.2 Å². The fraction of sp³-hybridized carbons (Fsp3) is 0.559. The van der Waals surface area contributed by atoms with Gasteiger partial charge in [-0.1, -0.05) is 62.9 Å². The normalized spacial score (nSPS) is 26.6. The van der Waals surface area contributed by atoms with Gasteiger partial charge in [0.2, 0.25) is 0 Å². The second-order valence-corrected chi connectivity index (χ2v) is 13.7. The minimum atomic E-state index is -0.926. The molecule has 8 heteroatoms. The highest BCUT2D eigenvalue weighted by Gasteiger charge is 2.47. The number of hydrogen-bond donors (Lipinski definition) is 2. The topological polar surface area (TPSA) is 85.0 Å². The van der Waals surface area contributed by atoms with Crippen molar-refractivity contribution < 1.29 is 19.4 Å². The molecule has 0 amide bonds. The number of aromatic carboxylic acids is 1. The van der Waals surface area contributed by atoms with Crippen molar-refractivity contribution in [2.45, 2.75) is 58.5 Å². The molecule has 7 atom stereocenters. The van der Waals surface area contributed by atoms with Crippen LogP contribution < -0.4 is 14.8 Å². The van der Waals surface area contributed by atoms with Crippen molar-refractivity contribution in [2.75, 3.05) is 37.5 Å². The lowest BCUT2D eigenvalue weighted by Gasteiger charge is -2.51. The third-order valence-corrected chi connectivity index (χ3v) is 10.7. The van der Waals surface area contributed by atoms with Gasteiger partial charge in [0.1, 0.15) is 5.75 Å². The first-order chi connectivity index (χ1) is 20.2. The SMILES string of the molecule is CCCc1cc(Cl)ccc1C1COc2ccc(C(=O)O)cc2N(CC2CC(C)C2C(OC)C2=CC(C(C)CSN)C2)C1. The third-order valence-electron chi connectivity index (χ3n) is 9.78. The number of rotatable bonds is 12. The van der Waals surface area contributed by atoms with Gasteiger partial charge in [0.15, 0.2) is 0 Å². The summed E-state index contributed by atoms with van der Waals surface area (Å²) in [6.45, 7) is 8.93. The highest BCUT2D eigenvalue weighted by Crippen LogP contribution is 2.50. The zero-order valence-corrected chi connectivity index (χ0v) is 26.8. The molecule has 42 heavy (non-hydrogen) atoms. The van der Waals surface area contributed by atoms with Gasteiger partial charge >= 0.3 is 5.97 Å². The van der Waals surface area contributed by atoms with Crippen LogP contribution in [0.2, 0.25) is 5.02 Å². The van der Waals surface area contributed by atoms with Crippen molar-refractivity contribution in [3.05, 3.63) is 69.8 Å². The van der Waals surface area contributed by atoms with Crippen LogP contribution in [0.5, 0.6) is 5.75 Å². The van der Waals surface area contributed by atoms with Crippen molar-refractivity contribution >= 4 is 35.2 Å². The Bertz CT molecular complexity index is 1300. The summed E-state index contributed by atoms with van der Waals surface area (Å²) in [6.07, 6.45) is 6.74. The van der Waals surface area contributed by atoms with E-state index in [9.17, 15) is 9.90 Å². The quantitative estimate of drug-likeness (QED) is 0.190. The molecule has 3 N–H and O–H groups in total. The number of benzene rings is 2. The van der Waals surface area contributed by atoms with Crippen LogP contribution in [0, 0.1) is 29.6 Å². The number of anilines is 1. The van der Waals surface area contributed by atoms with E-state index in [-0.39, 0.29) is 17.6 Å². The van der Waals surface area contributed by atoms with Gasteiger partial charge in [-0.2, -0.15) is 0 Å². The van der Waals surface area contributed by atoms with Crippen molar-refractivity contribution in [1.29, 1.82) is 0 Å². The van der Waals surface area contributed by atoms with Crippen molar-refractivity contribution in [3.63, 3.8) is 0 Å². The number of carboxylic acid groups (broad SMARTS) is 1. The van der Waals surface area contributed by atoms with Crippen molar-refractivity contribution in [1.82, 2.24) is 0 Å². The first-order valence-electron chi connectivity index (χ1n) is 15.3. The Balaban J connectivity index is 1.42. The van der Waals surface area contributed by atoms with E-state index in [1.807, 2.05) is 19.2 Å². The van der Waals surface area contributed by atoms with Crippen LogP contribution >= 0.6 is 23.5 Å². The third kappa shape index (κ3) is 6.50. The van der Waals surface area contributed by atoms with Crippen LogP contribution in [-0.4, -0.2) is 49.7 Å². The first-order valence-corrected chi connectivity index (χ1v) is 16.7. The van der Waals surface area contributed by atoms with Crippen LogP contribution in [0.1, 0.15) is 67.4 Å². The van der Waals surface area contributed by atoms with Gasteiger partial charge in [-0.05, 0) is 95.9 Å². The van der Waals surface area contributed by atoms with E-state index in [1.165, 1.54) is 28.6 Å². The minimum Gasteiger partial charge on any atom is -0.491 e. The number of fused-ring (bicyclic) bond motifs is 1. The number of nitrogens with zero attached hydrogens (tertiary/aromatic N) is 1. The Morgan fingerprint density at radius 1 is 1.29 bits per heavy atom. The number of hydrogen-bond acceptors (Lipinski definition) is 6. The van der Waals surface area contributed by atoms with Crippen LogP contribution in [0.15, 0.2) is 48.0 Å². The largest absolute Gasteiger partial charge is 0.491 e. The van der Waals surface area contributed by atoms with Gasteiger partial charge in [0.25, 0.3) is 0 Å². The fourth-order valence-electron chi connectivity index (χ4n) is 7.45. The minimum absolute atomic E-state index is 0.115. The summed E-state index contributed by atoms with van der Waals surface area (Å²) in [7, 11) is 1.85. The summed E-state index contributed by atoms with van der Waals surface area (Å²) in [4.78, 5) is 14.3. The van der Waals surface area contributed by atoms with E-state index >= 15 is 0 Å². The predicted molar refractivity (Wildman–Crippen MR) is 173 cm³/mol. The van der Waals surface area contributed by atoms with E-state index in [2.05, 4.69) is 43.9 Å². The van der Waals surface area contributed by atoms with Crippen molar-refractivity contribution in [2.24, 2.45) is 34.7 Å². The van der Waals surface area contributed by atoms with Gasteiger partial charge in [-0.3, -0.25) is 5.14 Å². The highest BCUT2D eigenvalue weighted by molar-refractivity contribution is 7.97. The van der Waals surface area contributed by atoms with Gasteiger partial charge in [-0.25, -0.2) is 4.79 Å². The molecule has 0 spiro atoms. The average molecular weight is 613 g/mol. The Morgan fingerprint density at radius 2 is 2.07 bits per heavy atom. The molecule has 7 unspecified atom stereocenters. The molecule has 2 aromatic carbocycles. The molecule has 0 aromatic heterocycles. The number of methoxy groups -OCH3 is 1. The molecular formula is C34H45ClN2O4S. The molecule has 2 aliphatic carbocycles. The molecule has 1 fully saturated rings. The number of aryl methyl sites for hydroxylation is 1. The zero-order valence-electron chi connectivity index (χ0n) is 25.2. The van der Waals surface area contributed by atoms with Gasteiger partial charge in [0.05, 0.1) is 24.0 Å². The predicted octanol–water partition coefficient (Wildman–Crippen LogP) is 7.45. The summed E-state index contributed by atoms with van der Waals surface area (Å²) >= 11 is 7.83. The number of nitrogens with two attached hydrogens (primary N) is 1. The molecule has 1 saturated carbocycles. The molecular weight excluding hydrogens is 568 g/mol. The summed E-state index contributed by atoms with van der Waals surface area (Å²) in [5.74, 6) is 3.48. The lowest BCUT2D eigenvalue weighted by Crippen LogP contribution is -2.51. The summed E-state index contributed by atoms with van der Waals surface area (Å²) in [6, 6.07) is 11.5. The lowest BCUT2D eigenvalue weighted by atomic mass is 9.59. The Kier molecular flexibility index (Phi) is 10.1. The van der Waals surface area contributed by atoms with E-state index < -0.39 is 5.97 Å². The Labute approximate surface area is 260 Å². The summed E-state index contributed by atoms with van der Waals surface area (Å²) in [5, 5.41) is 16.3. The molecule has 6 nitrogen and oxygen atoms in total. The number of allylic oxidation sites excluding steroid dienone is 1. The first kappa shape index (κ1) is 31.2. The molecule has 1 heterocycles. The molecule has 228 valence electrons. The second-order valence-electron chi connectivity index (χ2n) is 12.6. The molecule has 0 radical (unpaired) electrons. The molecule has 1 aliphatic heterocycles. The van der Waals surface area contributed by atoms with Gasteiger partial charge < -0.3 is 19.5 Å². The number of carboxylic acids is 1. The molecule has 0 bridgehead atoms. The standard InChI is InChI=1S/C34H45ClN2O4S/c1-5-6-22-14-28(35)8-9-29(22)27-17-37(30-15-23(34(38)39)7-10-31(30)41-18-27)16-26-11-20(2)32(26)33(40-4)25-12-24(13-25)21(3)19-42-36/h7-10,12,14-15,20-21,24,26-27,32-33H,5-6,11,13,16-19,36H2,1-4H3,(H,38,39). The average Bonchev–Trinajstić information content (AvgIpc) is 3.11.